The van der Waals surface area contributed by atoms with Gasteiger partial charge in [-0.15, -0.1) is 0 Å². The first kappa shape index (κ1) is 32.6. The number of carbonyl (C=O) groups is 3. The van der Waals surface area contributed by atoms with Gasteiger partial charge in [-0.25, -0.2) is 0 Å². The zero-order valence-corrected chi connectivity index (χ0v) is 24.1. The molecule has 0 bridgehead atoms. The minimum Gasteiger partial charge on any atom is -0.395 e. The van der Waals surface area contributed by atoms with Crippen LogP contribution >= 0.6 is 0 Å². The van der Waals surface area contributed by atoms with E-state index in [1.807, 2.05) is 13.8 Å². The molecule has 37 heavy (non-hydrogen) atoms. The number of benzene rings is 1. The fourth-order valence-corrected chi connectivity index (χ4v) is 5.06. The summed E-state index contributed by atoms with van der Waals surface area (Å²) in [5.74, 6) is -0.918. The fourth-order valence-electron chi connectivity index (χ4n) is 5.06. The minimum absolute atomic E-state index is 0.0116. The number of nitrogens with zero attached hydrogens (tertiary/aromatic N) is 2. The predicted octanol–water partition coefficient (Wildman–Crippen LogP) is 4.38. The van der Waals surface area contributed by atoms with Crippen LogP contribution in [0.3, 0.4) is 0 Å². The van der Waals surface area contributed by atoms with Crippen LogP contribution in [0.1, 0.15) is 84.6 Å². The van der Waals surface area contributed by atoms with Crippen molar-refractivity contribution in [3.05, 3.63) is 35.9 Å². The third-order valence-corrected chi connectivity index (χ3v) is 7.53. The lowest BCUT2D eigenvalue weighted by Gasteiger charge is -2.36. The summed E-state index contributed by atoms with van der Waals surface area (Å²) in [4.78, 5) is 41.5. The van der Waals surface area contributed by atoms with E-state index >= 15 is 0 Å². The molecule has 2 N–H and O–H groups in total. The van der Waals surface area contributed by atoms with Crippen LogP contribution in [0.15, 0.2) is 30.3 Å². The van der Waals surface area contributed by atoms with E-state index < -0.39 is 0 Å². The molecule has 7 nitrogen and oxygen atoms in total. The number of hydrogen-bond acceptors (Lipinski definition) is 4. The molecule has 1 rings (SSSR count). The van der Waals surface area contributed by atoms with E-state index in [9.17, 15) is 14.4 Å². The Hall–Kier alpha value is -2.41. The number of aliphatic hydroxyl groups excluding tert-OH is 1. The van der Waals surface area contributed by atoms with E-state index in [1.54, 1.807) is 23.9 Å². The number of carbonyl (C=O) groups excluding carboxylic acids is 3. The number of amides is 3. The summed E-state index contributed by atoms with van der Waals surface area (Å²) in [6.07, 6.45) is 7.57. The van der Waals surface area contributed by atoms with Gasteiger partial charge < -0.3 is 20.2 Å². The highest BCUT2D eigenvalue weighted by Gasteiger charge is 2.32. The summed E-state index contributed by atoms with van der Waals surface area (Å²) in [7, 11) is 3.43. The van der Waals surface area contributed by atoms with Gasteiger partial charge in [0.25, 0.3) is 0 Å². The van der Waals surface area contributed by atoms with Gasteiger partial charge in [0.15, 0.2) is 0 Å². The summed E-state index contributed by atoms with van der Waals surface area (Å²) in [6, 6.07) is 10.7. The van der Waals surface area contributed by atoms with Crippen molar-refractivity contribution in [1.29, 1.82) is 0 Å². The van der Waals surface area contributed by atoms with Crippen LogP contribution in [-0.2, 0) is 19.8 Å². The third-order valence-electron chi connectivity index (χ3n) is 7.53. The first-order chi connectivity index (χ1) is 17.6. The Kier molecular flexibility index (Phi) is 15.1. The minimum atomic E-state index is -0.385. The summed E-state index contributed by atoms with van der Waals surface area (Å²) in [5, 5.41) is 11.7. The lowest BCUT2D eigenvalue weighted by molar-refractivity contribution is -0.141. The number of rotatable bonds is 18. The van der Waals surface area contributed by atoms with Gasteiger partial charge in [0.1, 0.15) is 0 Å². The van der Waals surface area contributed by atoms with Crippen molar-refractivity contribution in [2.75, 3.05) is 40.3 Å². The SMILES string of the molecule is CCCC[C@](CCC)(CCCN(CC(=O)NCCO)C(=O)C(C)C(C)CC(=O)N(C)C)c1ccccc1. The second-order valence-electron chi connectivity index (χ2n) is 10.7. The molecule has 0 aromatic heterocycles. The summed E-state index contributed by atoms with van der Waals surface area (Å²) in [5.41, 5.74) is 1.41. The Balaban J connectivity index is 3.07. The highest BCUT2D eigenvalue weighted by molar-refractivity contribution is 5.86. The van der Waals surface area contributed by atoms with Gasteiger partial charge in [-0.1, -0.05) is 77.3 Å². The van der Waals surface area contributed by atoms with Crippen LogP contribution in [0.5, 0.6) is 0 Å². The maximum absolute atomic E-state index is 13.5. The van der Waals surface area contributed by atoms with Gasteiger partial charge in [-0.3, -0.25) is 14.4 Å². The van der Waals surface area contributed by atoms with Crippen molar-refractivity contribution in [1.82, 2.24) is 15.1 Å². The molecule has 0 spiro atoms. The molecule has 0 radical (unpaired) electrons. The smallest absolute Gasteiger partial charge is 0.239 e. The Morgan fingerprint density at radius 2 is 1.62 bits per heavy atom. The van der Waals surface area contributed by atoms with Crippen molar-refractivity contribution >= 4 is 17.7 Å². The van der Waals surface area contributed by atoms with E-state index in [4.69, 9.17) is 5.11 Å². The molecule has 3 atom stereocenters. The first-order valence-electron chi connectivity index (χ1n) is 14.0. The van der Waals surface area contributed by atoms with E-state index in [2.05, 4.69) is 49.5 Å². The van der Waals surface area contributed by atoms with E-state index in [0.29, 0.717) is 6.54 Å². The molecule has 0 aliphatic heterocycles. The predicted molar refractivity (Wildman–Crippen MR) is 150 cm³/mol. The largest absolute Gasteiger partial charge is 0.395 e. The van der Waals surface area contributed by atoms with Gasteiger partial charge >= 0.3 is 0 Å². The van der Waals surface area contributed by atoms with Crippen LogP contribution in [-0.4, -0.2) is 73.0 Å². The molecule has 0 aliphatic carbocycles. The molecule has 0 fully saturated rings. The average molecular weight is 518 g/mol. The second kappa shape index (κ2) is 17.2. The highest BCUT2D eigenvalue weighted by Crippen LogP contribution is 2.39. The van der Waals surface area contributed by atoms with Gasteiger partial charge in [0.2, 0.25) is 17.7 Å². The molecular weight excluding hydrogens is 466 g/mol. The van der Waals surface area contributed by atoms with Crippen molar-refractivity contribution in [3.63, 3.8) is 0 Å². The number of nitrogens with one attached hydrogen (secondary N) is 1. The topological polar surface area (TPSA) is 90.0 Å². The zero-order valence-electron chi connectivity index (χ0n) is 24.1. The van der Waals surface area contributed by atoms with Crippen LogP contribution in [0, 0.1) is 11.8 Å². The monoisotopic (exact) mass is 517 g/mol. The average Bonchev–Trinajstić information content (AvgIpc) is 2.89. The Morgan fingerprint density at radius 3 is 2.19 bits per heavy atom. The summed E-state index contributed by atoms with van der Waals surface area (Å²) in [6.45, 7) is 8.66. The first-order valence-corrected chi connectivity index (χ1v) is 14.0. The van der Waals surface area contributed by atoms with E-state index in [1.165, 1.54) is 5.56 Å². The van der Waals surface area contributed by atoms with Crippen molar-refractivity contribution < 1.29 is 19.5 Å². The van der Waals surface area contributed by atoms with Crippen LogP contribution < -0.4 is 5.32 Å². The van der Waals surface area contributed by atoms with Crippen LogP contribution in [0.2, 0.25) is 0 Å². The van der Waals surface area contributed by atoms with Gasteiger partial charge in [0.05, 0.1) is 13.2 Å². The van der Waals surface area contributed by atoms with Crippen molar-refractivity contribution in [2.24, 2.45) is 11.8 Å². The maximum Gasteiger partial charge on any atom is 0.239 e. The molecule has 0 aliphatic rings. The zero-order chi connectivity index (χ0) is 27.8. The molecule has 0 saturated heterocycles. The van der Waals surface area contributed by atoms with E-state index in [0.717, 1.165) is 44.9 Å². The summed E-state index contributed by atoms with van der Waals surface area (Å²) >= 11 is 0. The summed E-state index contributed by atoms with van der Waals surface area (Å²) < 4.78 is 0. The molecule has 1 aromatic carbocycles. The van der Waals surface area contributed by atoms with Gasteiger partial charge in [0, 0.05) is 39.5 Å². The van der Waals surface area contributed by atoms with Crippen LogP contribution in [0.4, 0.5) is 0 Å². The van der Waals surface area contributed by atoms with Gasteiger partial charge in [-0.05, 0) is 42.6 Å². The Morgan fingerprint density at radius 1 is 0.973 bits per heavy atom. The lowest BCUT2D eigenvalue weighted by atomic mass is 9.70. The van der Waals surface area contributed by atoms with E-state index in [-0.39, 0.29) is 61.1 Å². The lowest BCUT2D eigenvalue weighted by Crippen LogP contribution is -2.45. The molecule has 2 unspecified atom stereocenters. The van der Waals surface area contributed by atoms with Crippen LogP contribution in [0.25, 0.3) is 0 Å². The fraction of sp³-hybridized carbons (Fsp3) is 0.700. The van der Waals surface area contributed by atoms with Crippen molar-refractivity contribution in [2.45, 2.75) is 84.5 Å². The molecule has 0 heterocycles. The number of aliphatic hydroxyl groups is 1. The van der Waals surface area contributed by atoms with Crippen molar-refractivity contribution in [3.8, 4) is 0 Å². The molecular formula is C30H51N3O4. The second-order valence-corrected chi connectivity index (χ2v) is 10.7. The number of unbranched alkanes of at least 4 members (excludes halogenated alkanes) is 1. The molecule has 0 saturated carbocycles. The Bertz CT molecular complexity index is 814. The molecule has 1 aromatic rings. The normalized spacial score (nSPS) is 14.4. The molecule has 3 amide bonds. The third kappa shape index (κ3) is 10.8. The number of hydrogen-bond donors (Lipinski definition) is 2. The van der Waals surface area contributed by atoms with Gasteiger partial charge in [-0.2, -0.15) is 0 Å². The molecule has 210 valence electrons. The standard InChI is InChI=1S/C30H51N3O4/c1-7-9-17-30(16-8-2,26-14-11-10-12-15-26)18-13-20-33(23-27(35)31-19-21-34)29(37)25(4)24(3)22-28(36)32(5)6/h10-12,14-15,24-25,34H,7-9,13,16-23H2,1-6H3,(H,31,35)/t24?,25?,30-/m1/s1. The Labute approximate surface area is 225 Å². The molecule has 7 heteroatoms. The quantitative estimate of drug-likeness (QED) is 0.302. The maximum atomic E-state index is 13.5. The highest BCUT2D eigenvalue weighted by atomic mass is 16.3.